The van der Waals surface area contributed by atoms with Crippen LogP contribution >= 0.6 is 11.3 Å². The number of hydrogen-bond donors (Lipinski definition) is 0. The number of carbonyl (C=O) groups is 2. The van der Waals surface area contributed by atoms with E-state index < -0.39 is 0 Å². The highest BCUT2D eigenvalue weighted by Gasteiger charge is 2.22. The molecule has 1 heterocycles. The van der Waals surface area contributed by atoms with E-state index in [2.05, 4.69) is 0 Å². The normalized spacial score (nSPS) is 10.7. The highest BCUT2D eigenvalue weighted by Crippen LogP contribution is 2.17. The first-order valence-electron chi connectivity index (χ1n) is 10.9. The molecule has 1 aromatic heterocycles. The summed E-state index contributed by atoms with van der Waals surface area (Å²) in [7, 11) is 3.15. The Morgan fingerprint density at radius 1 is 0.882 bits per heavy atom. The minimum atomic E-state index is -0.324. The van der Waals surface area contributed by atoms with Crippen LogP contribution in [0.3, 0.4) is 0 Å². The van der Waals surface area contributed by atoms with Crippen molar-refractivity contribution in [2.24, 2.45) is 0 Å². The van der Waals surface area contributed by atoms with Crippen molar-refractivity contribution in [1.29, 1.82) is 0 Å². The predicted molar refractivity (Wildman–Crippen MR) is 130 cm³/mol. The molecule has 0 aliphatic carbocycles. The van der Waals surface area contributed by atoms with Gasteiger partial charge in [-0.25, -0.2) is 4.39 Å². The number of nitrogens with zero attached hydrogens (tertiary/aromatic N) is 2. The molecule has 0 aliphatic rings. The highest BCUT2D eigenvalue weighted by atomic mass is 32.1. The standard InChI is InChI=1S/C26H29FN2O4S/c1-32-14-13-28(25(30)16-20-7-11-23(33-2)12-8-20)19-26(31)29(18-24-4-3-15-34-24)17-21-5-9-22(27)10-6-21/h3-12,15H,13-14,16-19H2,1-2H3. The van der Waals surface area contributed by atoms with Gasteiger partial charge in [0.2, 0.25) is 11.8 Å². The Morgan fingerprint density at radius 2 is 1.59 bits per heavy atom. The van der Waals surface area contributed by atoms with Crippen LogP contribution in [0.15, 0.2) is 66.0 Å². The molecule has 0 fully saturated rings. The van der Waals surface area contributed by atoms with Gasteiger partial charge in [-0.1, -0.05) is 30.3 Å². The Hall–Kier alpha value is -3.23. The van der Waals surface area contributed by atoms with Gasteiger partial charge in [-0.15, -0.1) is 11.3 Å². The van der Waals surface area contributed by atoms with E-state index in [0.29, 0.717) is 32.0 Å². The van der Waals surface area contributed by atoms with Gasteiger partial charge in [0.25, 0.3) is 0 Å². The van der Waals surface area contributed by atoms with Crippen LogP contribution in [-0.4, -0.2) is 55.5 Å². The monoisotopic (exact) mass is 484 g/mol. The summed E-state index contributed by atoms with van der Waals surface area (Å²) in [6, 6.07) is 17.3. The Labute approximate surface area is 203 Å². The molecular formula is C26H29FN2O4S. The third-order valence-corrected chi connectivity index (χ3v) is 6.19. The molecule has 0 radical (unpaired) electrons. The van der Waals surface area contributed by atoms with E-state index in [1.165, 1.54) is 17.0 Å². The van der Waals surface area contributed by atoms with E-state index in [0.717, 1.165) is 16.0 Å². The number of carbonyl (C=O) groups excluding carboxylic acids is 2. The second-order valence-electron chi connectivity index (χ2n) is 7.79. The molecule has 3 aromatic rings. The average Bonchev–Trinajstić information content (AvgIpc) is 3.36. The molecule has 0 N–H and O–H groups in total. The van der Waals surface area contributed by atoms with Crippen molar-refractivity contribution >= 4 is 23.2 Å². The van der Waals surface area contributed by atoms with Crippen LogP contribution in [0.1, 0.15) is 16.0 Å². The second-order valence-corrected chi connectivity index (χ2v) is 8.82. The molecule has 0 bridgehead atoms. The van der Waals surface area contributed by atoms with Crippen molar-refractivity contribution in [2.75, 3.05) is 33.9 Å². The van der Waals surface area contributed by atoms with Crippen LogP contribution in [-0.2, 0) is 33.8 Å². The summed E-state index contributed by atoms with van der Waals surface area (Å²) >= 11 is 1.56. The number of ether oxygens (including phenoxy) is 2. The van der Waals surface area contributed by atoms with E-state index in [1.807, 2.05) is 29.6 Å². The Kier molecular flexibility index (Phi) is 9.61. The maximum atomic E-state index is 13.4. The lowest BCUT2D eigenvalue weighted by Gasteiger charge is -2.27. The number of methoxy groups -OCH3 is 2. The molecule has 180 valence electrons. The molecule has 0 aliphatic heterocycles. The predicted octanol–water partition coefficient (Wildman–Crippen LogP) is 4.14. The van der Waals surface area contributed by atoms with Gasteiger partial charge < -0.3 is 19.3 Å². The van der Waals surface area contributed by atoms with Gasteiger partial charge in [0.1, 0.15) is 11.6 Å². The van der Waals surface area contributed by atoms with Gasteiger partial charge in [0.15, 0.2) is 0 Å². The largest absolute Gasteiger partial charge is 0.497 e. The number of hydrogen-bond acceptors (Lipinski definition) is 5. The highest BCUT2D eigenvalue weighted by molar-refractivity contribution is 7.09. The minimum Gasteiger partial charge on any atom is -0.497 e. The van der Waals surface area contributed by atoms with E-state index in [-0.39, 0.29) is 30.6 Å². The fourth-order valence-electron chi connectivity index (χ4n) is 3.42. The maximum Gasteiger partial charge on any atom is 0.242 e. The molecule has 3 rings (SSSR count). The van der Waals surface area contributed by atoms with Gasteiger partial charge in [-0.3, -0.25) is 9.59 Å². The molecule has 2 amide bonds. The topological polar surface area (TPSA) is 59.1 Å². The maximum absolute atomic E-state index is 13.4. The fourth-order valence-corrected chi connectivity index (χ4v) is 4.14. The summed E-state index contributed by atoms with van der Waals surface area (Å²) in [5.41, 5.74) is 1.65. The lowest BCUT2D eigenvalue weighted by molar-refractivity contribution is -0.141. The third-order valence-electron chi connectivity index (χ3n) is 5.32. The summed E-state index contributed by atoms with van der Waals surface area (Å²) < 4.78 is 23.7. The zero-order valence-corrected chi connectivity index (χ0v) is 20.2. The Morgan fingerprint density at radius 3 is 2.21 bits per heavy atom. The van der Waals surface area contributed by atoms with Crippen molar-refractivity contribution in [3.8, 4) is 5.75 Å². The summed E-state index contributed by atoms with van der Waals surface area (Å²) in [6.45, 7) is 1.30. The first-order chi connectivity index (χ1) is 16.5. The molecule has 0 spiro atoms. The van der Waals surface area contributed by atoms with Crippen molar-refractivity contribution in [3.05, 3.63) is 87.9 Å². The van der Waals surface area contributed by atoms with Crippen molar-refractivity contribution in [2.45, 2.75) is 19.5 Å². The second kappa shape index (κ2) is 12.9. The van der Waals surface area contributed by atoms with Crippen molar-refractivity contribution < 1.29 is 23.5 Å². The summed E-state index contributed by atoms with van der Waals surface area (Å²) in [5.74, 6) is 0.0488. The molecule has 0 saturated carbocycles. The summed E-state index contributed by atoms with van der Waals surface area (Å²) in [4.78, 5) is 30.7. The van der Waals surface area contributed by atoms with Gasteiger partial charge in [0, 0.05) is 25.1 Å². The van der Waals surface area contributed by atoms with E-state index in [4.69, 9.17) is 9.47 Å². The number of benzene rings is 2. The molecular weight excluding hydrogens is 455 g/mol. The summed E-state index contributed by atoms with van der Waals surface area (Å²) in [5, 5.41) is 1.96. The van der Waals surface area contributed by atoms with E-state index >= 15 is 0 Å². The third kappa shape index (κ3) is 7.67. The van der Waals surface area contributed by atoms with Crippen molar-refractivity contribution in [1.82, 2.24) is 9.80 Å². The van der Waals surface area contributed by atoms with Crippen LogP contribution in [0.25, 0.3) is 0 Å². The SMILES string of the molecule is COCCN(CC(=O)N(Cc1ccc(F)cc1)Cc1cccs1)C(=O)Cc1ccc(OC)cc1. The summed E-state index contributed by atoms with van der Waals surface area (Å²) in [6.07, 6.45) is 0.171. The van der Waals surface area contributed by atoms with Crippen LogP contribution in [0, 0.1) is 5.82 Å². The van der Waals surface area contributed by atoms with Gasteiger partial charge in [0.05, 0.1) is 33.2 Å². The molecule has 0 saturated heterocycles. The number of thiophene rings is 1. The van der Waals surface area contributed by atoms with Gasteiger partial charge in [-0.05, 0) is 46.8 Å². The molecule has 0 atom stereocenters. The molecule has 2 aromatic carbocycles. The molecule has 34 heavy (non-hydrogen) atoms. The number of amides is 2. The zero-order valence-electron chi connectivity index (χ0n) is 19.4. The number of rotatable bonds is 12. The van der Waals surface area contributed by atoms with Crippen molar-refractivity contribution in [3.63, 3.8) is 0 Å². The zero-order chi connectivity index (χ0) is 24.3. The quantitative estimate of drug-likeness (QED) is 0.388. The molecule has 8 heteroatoms. The fraction of sp³-hybridized carbons (Fsp3) is 0.308. The van der Waals surface area contributed by atoms with E-state index in [9.17, 15) is 14.0 Å². The van der Waals surface area contributed by atoms with E-state index in [1.54, 1.807) is 54.7 Å². The lowest BCUT2D eigenvalue weighted by atomic mass is 10.1. The molecule has 6 nitrogen and oxygen atoms in total. The Bertz CT molecular complexity index is 1040. The van der Waals surface area contributed by atoms with Crippen LogP contribution in [0.2, 0.25) is 0 Å². The van der Waals surface area contributed by atoms with Crippen LogP contribution in [0.4, 0.5) is 4.39 Å². The van der Waals surface area contributed by atoms with Crippen LogP contribution < -0.4 is 4.74 Å². The number of halogens is 1. The first kappa shape index (κ1) is 25.4. The smallest absolute Gasteiger partial charge is 0.242 e. The van der Waals surface area contributed by atoms with Gasteiger partial charge >= 0.3 is 0 Å². The Balaban J connectivity index is 1.73. The lowest BCUT2D eigenvalue weighted by Crippen LogP contribution is -2.44. The molecule has 0 unspecified atom stereocenters. The minimum absolute atomic E-state index is 0.0646. The first-order valence-corrected chi connectivity index (χ1v) is 11.8. The van der Waals surface area contributed by atoms with Gasteiger partial charge in [-0.2, -0.15) is 0 Å². The average molecular weight is 485 g/mol. The van der Waals surface area contributed by atoms with Crippen LogP contribution in [0.5, 0.6) is 5.75 Å².